The molecule has 0 unspecified atom stereocenters. The van der Waals surface area contributed by atoms with Crippen molar-refractivity contribution in [3.05, 3.63) is 106 Å². The van der Waals surface area contributed by atoms with Gasteiger partial charge in [-0.1, -0.05) is 54.1 Å². The number of hydrogen-bond acceptors (Lipinski definition) is 3. The first kappa shape index (κ1) is 19.7. The molecule has 148 valence electrons. The van der Waals surface area contributed by atoms with Crippen LogP contribution in [0.15, 0.2) is 78.9 Å². The zero-order valence-electron chi connectivity index (χ0n) is 16.0. The van der Waals surface area contributed by atoms with Crippen LogP contribution in [0.25, 0.3) is 23.1 Å². The van der Waals surface area contributed by atoms with Crippen molar-refractivity contribution in [3.63, 3.8) is 0 Å². The highest BCUT2D eigenvalue weighted by Gasteiger charge is 2.02. The molecule has 1 heterocycles. The van der Waals surface area contributed by atoms with Crippen LogP contribution in [0.4, 0.5) is 5.69 Å². The van der Waals surface area contributed by atoms with E-state index in [-0.39, 0.29) is 5.56 Å². The molecule has 0 fully saturated rings. The number of benzene rings is 3. The summed E-state index contributed by atoms with van der Waals surface area (Å²) < 4.78 is 0. The zero-order chi connectivity index (χ0) is 20.9. The molecule has 4 aromatic rings. The second-order valence-corrected chi connectivity index (χ2v) is 7.32. The fraction of sp³-hybridized carbons (Fsp3) is 0.0400. The van der Waals surface area contributed by atoms with Crippen molar-refractivity contribution in [2.45, 2.75) is 6.54 Å². The van der Waals surface area contributed by atoms with Crippen molar-refractivity contribution < 1.29 is 9.90 Å². The van der Waals surface area contributed by atoms with Crippen molar-refractivity contribution in [1.29, 1.82) is 0 Å². The molecule has 0 saturated carbocycles. The van der Waals surface area contributed by atoms with Gasteiger partial charge >= 0.3 is 5.97 Å². The summed E-state index contributed by atoms with van der Waals surface area (Å²) in [5, 5.41) is 14.1. The van der Waals surface area contributed by atoms with Gasteiger partial charge in [-0.2, -0.15) is 0 Å². The fourth-order valence-electron chi connectivity index (χ4n) is 3.10. The molecule has 4 rings (SSSR count). The Kier molecular flexibility index (Phi) is 5.77. The molecule has 5 heteroatoms. The number of rotatable bonds is 6. The smallest absolute Gasteiger partial charge is 0.335 e. The second-order valence-electron chi connectivity index (χ2n) is 6.89. The van der Waals surface area contributed by atoms with E-state index in [1.165, 1.54) is 0 Å². The highest BCUT2D eigenvalue weighted by molar-refractivity contribution is 6.31. The normalized spacial score (nSPS) is 11.1. The molecule has 0 amide bonds. The van der Waals surface area contributed by atoms with Gasteiger partial charge in [0.25, 0.3) is 0 Å². The number of anilines is 1. The molecular weight excluding hydrogens is 396 g/mol. The summed E-state index contributed by atoms with van der Waals surface area (Å²) >= 11 is 6.07. The fourth-order valence-corrected chi connectivity index (χ4v) is 3.27. The zero-order valence-corrected chi connectivity index (χ0v) is 16.8. The van der Waals surface area contributed by atoms with Gasteiger partial charge in [0, 0.05) is 22.6 Å². The standard InChI is InChI=1S/C25H19ClN2O2/c26-21-11-9-19-10-13-22(28-24(19)15-21)12-6-17-2-1-3-23(14-17)27-16-18-4-7-20(8-5-18)25(29)30/h1-15,27H,16H2,(H,29,30). The van der Waals surface area contributed by atoms with Crippen molar-refractivity contribution >= 4 is 46.3 Å². The Hall–Kier alpha value is -3.63. The average Bonchev–Trinajstić information content (AvgIpc) is 2.76. The molecule has 0 saturated heterocycles. The van der Waals surface area contributed by atoms with E-state index in [0.717, 1.165) is 33.4 Å². The van der Waals surface area contributed by atoms with Crippen LogP contribution in [0, 0.1) is 0 Å². The van der Waals surface area contributed by atoms with Crippen molar-refractivity contribution in [2.24, 2.45) is 0 Å². The molecule has 30 heavy (non-hydrogen) atoms. The largest absolute Gasteiger partial charge is 0.478 e. The molecule has 0 radical (unpaired) electrons. The maximum atomic E-state index is 10.9. The van der Waals surface area contributed by atoms with Gasteiger partial charge in [-0.05, 0) is 59.7 Å². The molecular formula is C25H19ClN2O2. The third-order valence-electron chi connectivity index (χ3n) is 4.71. The molecule has 0 aliphatic carbocycles. The molecule has 1 aromatic heterocycles. The van der Waals surface area contributed by atoms with Crippen molar-refractivity contribution in [1.82, 2.24) is 4.98 Å². The predicted octanol–water partition coefficient (Wildman–Crippen LogP) is 6.37. The van der Waals surface area contributed by atoms with E-state index in [0.29, 0.717) is 11.6 Å². The van der Waals surface area contributed by atoms with Gasteiger partial charge in [0.1, 0.15) is 0 Å². The van der Waals surface area contributed by atoms with E-state index in [1.807, 2.05) is 72.8 Å². The third kappa shape index (κ3) is 4.85. The number of hydrogen-bond donors (Lipinski definition) is 2. The first-order valence-electron chi connectivity index (χ1n) is 9.47. The maximum Gasteiger partial charge on any atom is 0.335 e. The van der Waals surface area contributed by atoms with E-state index in [9.17, 15) is 4.79 Å². The second kappa shape index (κ2) is 8.80. The number of halogens is 1. The van der Waals surface area contributed by atoms with Crippen LogP contribution in [0.3, 0.4) is 0 Å². The van der Waals surface area contributed by atoms with Gasteiger partial charge in [-0.15, -0.1) is 0 Å². The maximum absolute atomic E-state index is 10.9. The first-order valence-corrected chi connectivity index (χ1v) is 9.85. The van der Waals surface area contributed by atoms with Crippen LogP contribution in [0.1, 0.15) is 27.2 Å². The predicted molar refractivity (Wildman–Crippen MR) is 123 cm³/mol. The Labute approximate surface area is 179 Å². The number of carboxylic acid groups (broad SMARTS) is 1. The van der Waals surface area contributed by atoms with Crippen LogP contribution in [-0.4, -0.2) is 16.1 Å². The topological polar surface area (TPSA) is 62.2 Å². The first-order chi connectivity index (χ1) is 14.6. The van der Waals surface area contributed by atoms with Gasteiger partial charge in [0.15, 0.2) is 0 Å². The monoisotopic (exact) mass is 414 g/mol. The van der Waals surface area contributed by atoms with E-state index < -0.39 is 5.97 Å². The lowest BCUT2D eigenvalue weighted by molar-refractivity contribution is 0.0697. The van der Waals surface area contributed by atoms with Crippen LogP contribution in [0.2, 0.25) is 5.02 Å². The summed E-state index contributed by atoms with van der Waals surface area (Å²) in [5.41, 5.74) is 5.07. The number of carboxylic acids is 1. The molecule has 0 bridgehead atoms. The highest BCUT2D eigenvalue weighted by atomic mass is 35.5. The minimum Gasteiger partial charge on any atom is -0.478 e. The van der Waals surface area contributed by atoms with E-state index in [2.05, 4.69) is 16.4 Å². The van der Waals surface area contributed by atoms with Crippen molar-refractivity contribution in [3.8, 4) is 0 Å². The third-order valence-corrected chi connectivity index (χ3v) is 4.94. The van der Waals surface area contributed by atoms with E-state index in [4.69, 9.17) is 16.7 Å². The minimum absolute atomic E-state index is 0.287. The highest BCUT2D eigenvalue weighted by Crippen LogP contribution is 2.19. The van der Waals surface area contributed by atoms with Crippen LogP contribution < -0.4 is 5.32 Å². The van der Waals surface area contributed by atoms with Gasteiger partial charge in [0.05, 0.1) is 16.8 Å². The van der Waals surface area contributed by atoms with Crippen LogP contribution in [-0.2, 0) is 6.54 Å². The Morgan fingerprint density at radius 3 is 2.57 bits per heavy atom. The SMILES string of the molecule is O=C(O)c1ccc(CNc2cccc(C=Cc3ccc4ccc(Cl)cc4n3)c2)cc1. The Morgan fingerprint density at radius 1 is 0.967 bits per heavy atom. The lowest BCUT2D eigenvalue weighted by Crippen LogP contribution is -2.01. The van der Waals surface area contributed by atoms with Gasteiger partial charge in [0.2, 0.25) is 0 Å². The van der Waals surface area contributed by atoms with Gasteiger partial charge < -0.3 is 10.4 Å². The van der Waals surface area contributed by atoms with Gasteiger partial charge in [-0.3, -0.25) is 0 Å². The van der Waals surface area contributed by atoms with Crippen LogP contribution >= 0.6 is 11.6 Å². The van der Waals surface area contributed by atoms with E-state index >= 15 is 0 Å². The molecule has 2 N–H and O–H groups in total. The molecule has 3 aromatic carbocycles. The number of nitrogens with one attached hydrogen (secondary N) is 1. The van der Waals surface area contributed by atoms with Gasteiger partial charge in [-0.25, -0.2) is 9.78 Å². The summed E-state index contributed by atoms with van der Waals surface area (Å²) in [6.07, 6.45) is 4.00. The lowest BCUT2D eigenvalue weighted by atomic mass is 10.1. The Morgan fingerprint density at radius 2 is 1.77 bits per heavy atom. The number of aromatic nitrogens is 1. The number of nitrogens with zero attached hydrogens (tertiary/aromatic N) is 1. The molecule has 0 spiro atoms. The van der Waals surface area contributed by atoms with Crippen LogP contribution in [0.5, 0.6) is 0 Å². The minimum atomic E-state index is -0.919. The number of fused-ring (bicyclic) bond motifs is 1. The molecule has 0 atom stereocenters. The Balaban J connectivity index is 1.44. The summed E-state index contributed by atoms with van der Waals surface area (Å²) in [4.78, 5) is 15.6. The molecule has 0 aliphatic heterocycles. The number of aromatic carboxylic acids is 1. The molecule has 0 aliphatic rings. The summed E-state index contributed by atoms with van der Waals surface area (Å²) in [5.74, 6) is -0.919. The number of pyridine rings is 1. The quantitative estimate of drug-likeness (QED) is 0.385. The average molecular weight is 415 g/mol. The number of carbonyl (C=O) groups is 1. The molecule has 4 nitrogen and oxygen atoms in total. The van der Waals surface area contributed by atoms with E-state index in [1.54, 1.807) is 12.1 Å². The summed E-state index contributed by atoms with van der Waals surface area (Å²) in [7, 11) is 0. The summed E-state index contributed by atoms with van der Waals surface area (Å²) in [6.45, 7) is 0.611. The Bertz CT molecular complexity index is 1230. The van der Waals surface area contributed by atoms with Crippen molar-refractivity contribution in [2.75, 3.05) is 5.32 Å². The lowest BCUT2D eigenvalue weighted by Gasteiger charge is -2.08. The summed E-state index contributed by atoms with van der Waals surface area (Å²) in [6, 6.07) is 24.6.